The molecule has 3 aliphatic rings. The lowest BCUT2D eigenvalue weighted by atomic mass is 10.1. The Bertz CT molecular complexity index is 1050. The van der Waals surface area contributed by atoms with Crippen molar-refractivity contribution in [3.8, 4) is 29.5 Å². The molecule has 27 heavy (non-hydrogen) atoms. The van der Waals surface area contributed by atoms with Gasteiger partial charge in [-0.15, -0.1) is 6.42 Å². The minimum Gasteiger partial charge on any atom is -0.478 e. The molecule has 5 heteroatoms. The van der Waals surface area contributed by atoms with Crippen LogP contribution in [0, 0.1) is 12.3 Å². The zero-order valence-electron chi connectivity index (χ0n) is 15.9. The van der Waals surface area contributed by atoms with E-state index in [1.54, 1.807) is 0 Å². The van der Waals surface area contributed by atoms with Gasteiger partial charge < -0.3 is 14.1 Å². The van der Waals surface area contributed by atoms with Crippen molar-refractivity contribution in [3.05, 3.63) is 35.7 Å². The van der Waals surface area contributed by atoms with E-state index < -0.39 is 0 Å². The highest BCUT2D eigenvalue weighted by molar-refractivity contribution is 5.86. The second-order valence-corrected chi connectivity index (χ2v) is 7.09. The third-order valence-corrected chi connectivity index (χ3v) is 4.97. The molecule has 0 amide bonds. The second kappa shape index (κ2) is 7.32. The normalized spacial score (nSPS) is 14.3. The van der Waals surface area contributed by atoms with E-state index in [0.717, 1.165) is 35.6 Å². The van der Waals surface area contributed by atoms with Crippen LogP contribution >= 0.6 is 0 Å². The van der Waals surface area contributed by atoms with E-state index in [4.69, 9.17) is 20.6 Å². The Balaban J connectivity index is 1.91. The maximum absolute atomic E-state index is 6.24. The fourth-order valence-electron chi connectivity index (χ4n) is 3.51. The first-order valence-electron chi connectivity index (χ1n) is 9.36. The topological polar surface area (TPSA) is 41.5 Å². The molecule has 0 N–H and O–H groups in total. The average molecular weight is 362 g/mol. The highest BCUT2D eigenvalue weighted by Crippen LogP contribution is 2.35. The Kier molecular flexibility index (Phi) is 4.72. The summed E-state index contributed by atoms with van der Waals surface area (Å²) in [5, 5.41) is 1.07. The average Bonchev–Trinajstić information content (AvgIpc) is 2.70. The number of benzene rings is 2. The Labute approximate surface area is 159 Å². The molecular weight excluding hydrogens is 338 g/mol. The van der Waals surface area contributed by atoms with Gasteiger partial charge in [-0.25, -0.2) is 9.56 Å². The number of nitrogens with zero attached hydrogens (tertiary/aromatic N) is 3. The number of anilines is 1. The summed E-state index contributed by atoms with van der Waals surface area (Å²) in [6.45, 7) is 2.30. The fraction of sp³-hybridized carbons (Fsp3) is 0.364. The van der Waals surface area contributed by atoms with Crippen LogP contribution in [0.25, 0.3) is 22.6 Å². The van der Waals surface area contributed by atoms with Crippen molar-refractivity contribution in [2.75, 3.05) is 38.7 Å². The molecule has 2 aliphatic heterocycles. The Morgan fingerprint density at radius 1 is 1.19 bits per heavy atom. The summed E-state index contributed by atoms with van der Waals surface area (Å²) in [7, 11) is 4.02. The highest BCUT2D eigenvalue weighted by Gasteiger charge is 2.18. The van der Waals surface area contributed by atoms with Crippen LogP contribution in [-0.2, 0) is 0 Å². The van der Waals surface area contributed by atoms with E-state index in [-0.39, 0.29) is 6.61 Å². The first-order chi connectivity index (χ1) is 13.2. The van der Waals surface area contributed by atoms with Crippen LogP contribution in [-0.4, -0.2) is 38.8 Å². The van der Waals surface area contributed by atoms with E-state index >= 15 is 0 Å². The van der Waals surface area contributed by atoms with Crippen molar-refractivity contribution >= 4 is 16.8 Å². The molecule has 0 spiro atoms. The number of fused-ring (bicyclic) bond motifs is 2. The number of hydrogen-bond acceptors (Lipinski definition) is 4. The van der Waals surface area contributed by atoms with Gasteiger partial charge in [0.1, 0.15) is 31.9 Å². The molecule has 1 aromatic rings. The van der Waals surface area contributed by atoms with E-state index in [1.165, 1.54) is 19.3 Å². The Hall–Kier alpha value is -3.00. The number of aromatic nitrogens is 1. The summed E-state index contributed by atoms with van der Waals surface area (Å²) in [4.78, 5) is 7.17. The summed E-state index contributed by atoms with van der Waals surface area (Å²) in [6, 6.07) is 10.1. The molecule has 1 aliphatic carbocycles. The minimum atomic E-state index is 0.206. The fourth-order valence-corrected chi connectivity index (χ4v) is 3.51. The Morgan fingerprint density at radius 3 is 2.74 bits per heavy atom. The van der Waals surface area contributed by atoms with Gasteiger partial charge in [0.15, 0.2) is 17.1 Å². The molecule has 4 rings (SSSR count). The van der Waals surface area contributed by atoms with Crippen molar-refractivity contribution in [2.45, 2.75) is 19.3 Å². The maximum Gasteiger partial charge on any atom is 0.203 e. The van der Waals surface area contributed by atoms with Gasteiger partial charge in [-0.3, -0.25) is 0 Å². The lowest BCUT2D eigenvalue weighted by Crippen LogP contribution is -2.29. The summed E-state index contributed by atoms with van der Waals surface area (Å²) >= 11 is 0. The van der Waals surface area contributed by atoms with Gasteiger partial charge in [0.2, 0.25) is 5.36 Å². The Morgan fingerprint density at radius 2 is 2.00 bits per heavy atom. The van der Waals surface area contributed by atoms with Crippen molar-refractivity contribution in [3.63, 3.8) is 0 Å². The van der Waals surface area contributed by atoms with Crippen LogP contribution in [0.1, 0.15) is 19.3 Å². The third-order valence-electron chi connectivity index (χ3n) is 4.97. The number of terminal acetylenes is 1. The standard InChI is InChI=1S/C22H24N3O2/c1-4-12-26-20-14-17(25-10-6-5-7-11-25)15-21-22(20)23-18-9-8-16(24(2)3)13-19(18)27-21/h1,8-9,13-15H,5-7,10-12H2,2-3H3/q+1. The lowest BCUT2D eigenvalue weighted by Gasteiger charge is -2.29. The zero-order chi connectivity index (χ0) is 18.8. The quantitative estimate of drug-likeness (QED) is 0.408. The number of hydrogen-bond donors (Lipinski definition) is 0. The van der Waals surface area contributed by atoms with Crippen LogP contribution in [0.4, 0.5) is 5.69 Å². The van der Waals surface area contributed by atoms with E-state index in [2.05, 4.69) is 16.9 Å². The number of ether oxygens (including phenoxy) is 1. The highest BCUT2D eigenvalue weighted by atomic mass is 16.5. The van der Waals surface area contributed by atoms with Crippen LogP contribution < -0.4 is 19.6 Å². The van der Waals surface area contributed by atoms with Gasteiger partial charge in [-0.05, 0) is 25.3 Å². The van der Waals surface area contributed by atoms with Crippen LogP contribution in [0.2, 0.25) is 0 Å². The summed E-state index contributed by atoms with van der Waals surface area (Å²) in [6.07, 6.45) is 9.10. The van der Waals surface area contributed by atoms with Gasteiger partial charge in [-0.1, -0.05) is 5.92 Å². The van der Waals surface area contributed by atoms with Gasteiger partial charge >= 0.3 is 0 Å². The maximum atomic E-state index is 6.24. The van der Waals surface area contributed by atoms with Crippen molar-refractivity contribution in [1.29, 1.82) is 0 Å². The molecule has 0 saturated carbocycles. The molecule has 0 unspecified atom stereocenters. The predicted octanol–water partition coefficient (Wildman–Crippen LogP) is 2.97. The molecule has 0 atom stereocenters. The molecule has 1 saturated heterocycles. The summed E-state index contributed by atoms with van der Waals surface area (Å²) in [5.74, 6) is 3.97. The van der Waals surface area contributed by atoms with Crippen molar-refractivity contribution < 1.29 is 9.15 Å². The SMILES string of the molecule is C#CCOc1cc(N2CCCCC2)cc2oc3cc(=[N+](C)C)ccc-3nc12. The van der Waals surface area contributed by atoms with Crippen LogP contribution in [0.5, 0.6) is 5.75 Å². The largest absolute Gasteiger partial charge is 0.478 e. The summed E-state index contributed by atoms with van der Waals surface area (Å²) in [5.41, 5.74) is 3.32. The second-order valence-electron chi connectivity index (χ2n) is 7.09. The van der Waals surface area contributed by atoms with Crippen LogP contribution in [0.3, 0.4) is 0 Å². The molecule has 0 aromatic heterocycles. The number of rotatable bonds is 3. The zero-order valence-corrected chi connectivity index (χ0v) is 15.9. The molecule has 2 heterocycles. The third kappa shape index (κ3) is 3.48. The lowest BCUT2D eigenvalue weighted by molar-refractivity contribution is 0.373. The van der Waals surface area contributed by atoms with Gasteiger partial charge in [0, 0.05) is 37.0 Å². The summed E-state index contributed by atoms with van der Waals surface area (Å²) < 4.78 is 14.1. The number of piperidine rings is 1. The van der Waals surface area contributed by atoms with E-state index in [1.807, 2.05) is 42.9 Å². The predicted molar refractivity (Wildman–Crippen MR) is 108 cm³/mol. The molecule has 1 aromatic carbocycles. The van der Waals surface area contributed by atoms with Gasteiger partial charge in [-0.2, -0.15) is 0 Å². The van der Waals surface area contributed by atoms with Gasteiger partial charge in [0.05, 0.1) is 6.07 Å². The van der Waals surface area contributed by atoms with E-state index in [0.29, 0.717) is 16.8 Å². The molecule has 0 bridgehead atoms. The smallest absolute Gasteiger partial charge is 0.203 e. The first-order valence-corrected chi connectivity index (χ1v) is 9.36. The minimum absolute atomic E-state index is 0.206. The molecule has 5 nitrogen and oxygen atoms in total. The van der Waals surface area contributed by atoms with E-state index in [9.17, 15) is 0 Å². The molecule has 1 fully saturated rings. The van der Waals surface area contributed by atoms with Gasteiger partial charge in [0.25, 0.3) is 0 Å². The van der Waals surface area contributed by atoms with Crippen LogP contribution in [0.15, 0.2) is 34.7 Å². The van der Waals surface area contributed by atoms with Crippen molar-refractivity contribution in [1.82, 2.24) is 9.56 Å². The molecule has 0 radical (unpaired) electrons. The first kappa shape index (κ1) is 17.4. The van der Waals surface area contributed by atoms with Crippen molar-refractivity contribution in [2.24, 2.45) is 0 Å². The molecular formula is C22H24N3O2+. The molecule has 138 valence electrons. The monoisotopic (exact) mass is 362 g/mol.